The van der Waals surface area contributed by atoms with Gasteiger partial charge in [0.25, 0.3) is 0 Å². The molecule has 1 rings (SSSR count). The highest BCUT2D eigenvalue weighted by molar-refractivity contribution is 7.79. The smallest absolute Gasteiger partial charge is 0.354 e. The van der Waals surface area contributed by atoms with Gasteiger partial charge in [0, 0.05) is 12.2 Å². The molecule has 0 radical (unpaired) electrons. The minimum absolute atomic E-state index is 0.258. The van der Waals surface area contributed by atoms with Gasteiger partial charge in [0.1, 0.15) is 0 Å². The molecule has 0 aromatic heterocycles. The second kappa shape index (κ2) is 5.99. The minimum Gasteiger partial charge on any atom is -0.460 e. The molecule has 0 unspecified atom stereocenters. The molecule has 0 aliphatic carbocycles. The molecule has 18 heavy (non-hydrogen) atoms. The molecule has 1 heterocycles. The van der Waals surface area contributed by atoms with Crippen LogP contribution in [-0.4, -0.2) is 41.6 Å². The minimum atomic E-state index is -1.20. The highest BCUT2D eigenvalue weighted by atomic mass is 32.1. The maximum absolute atomic E-state index is 11.7. The molecule has 7 heteroatoms. The lowest BCUT2D eigenvalue weighted by Gasteiger charge is -2.16. The van der Waals surface area contributed by atoms with Gasteiger partial charge in [-0.25, -0.2) is 9.59 Å². The fourth-order valence-electron chi connectivity index (χ4n) is 1.30. The molecule has 0 amide bonds. The van der Waals surface area contributed by atoms with E-state index in [1.807, 2.05) is 0 Å². The van der Waals surface area contributed by atoms with E-state index < -0.39 is 24.1 Å². The van der Waals surface area contributed by atoms with Crippen LogP contribution >= 0.6 is 12.2 Å². The highest BCUT2D eigenvalue weighted by Gasteiger charge is 2.47. The fraction of sp³-hybridized carbons (Fsp3) is 0.727. The van der Waals surface area contributed by atoms with E-state index in [1.54, 1.807) is 27.7 Å². The van der Waals surface area contributed by atoms with Gasteiger partial charge in [-0.05, 0) is 27.7 Å². The summed E-state index contributed by atoms with van der Waals surface area (Å²) in [6, 6.07) is 0. The number of hydrogen-bond acceptors (Lipinski definition) is 7. The number of esters is 2. The largest absolute Gasteiger partial charge is 0.460 e. The first kappa shape index (κ1) is 14.7. The maximum atomic E-state index is 11.7. The first-order chi connectivity index (χ1) is 8.31. The summed E-state index contributed by atoms with van der Waals surface area (Å²) in [5.41, 5.74) is 0. The molecule has 6 nitrogen and oxygen atoms in total. The van der Waals surface area contributed by atoms with E-state index >= 15 is 0 Å². The Bertz CT molecular complexity index is 319. The SMILES string of the molecule is CC(C)OC(=O)[C@@H]1OC(=S)O[C@H]1C(=O)OC(C)C. The van der Waals surface area contributed by atoms with Crippen LogP contribution in [0.25, 0.3) is 0 Å². The van der Waals surface area contributed by atoms with E-state index in [1.165, 1.54) is 0 Å². The first-order valence-corrected chi connectivity index (χ1v) is 6.00. The molecule has 0 N–H and O–H groups in total. The van der Waals surface area contributed by atoms with Crippen molar-refractivity contribution in [3.63, 3.8) is 0 Å². The van der Waals surface area contributed by atoms with E-state index in [0.717, 1.165) is 0 Å². The molecular weight excluding hydrogens is 260 g/mol. The Morgan fingerprint density at radius 1 is 1.00 bits per heavy atom. The van der Waals surface area contributed by atoms with Gasteiger partial charge in [-0.2, -0.15) is 0 Å². The molecular formula is C11H16O6S. The lowest BCUT2D eigenvalue weighted by Crippen LogP contribution is -2.40. The van der Waals surface area contributed by atoms with Gasteiger partial charge in [-0.15, -0.1) is 0 Å². The van der Waals surface area contributed by atoms with Crippen LogP contribution in [0.2, 0.25) is 0 Å². The topological polar surface area (TPSA) is 71.1 Å². The Morgan fingerprint density at radius 3 is 1.61 bits per heavy atom. The number of ether oxygens (including phenoxy) is 4. The molecule has 0 aromatic carbocycles. The fourth-order valence-corrected chi connectivity index (χ4v) is 1.51. The highest BCUT2D eigenvalue weighted by Crippen LogP contribution is 2.19. The summed E-state index contributed by atoms with van der Waals surface area (Å²) < 4.78 is 19.9. The van der Waals surface area contributed by atoms with Gasteiger partial charge in [0.2, 0.25) is 12.2 Å². The van der Waals surface area contributed by atoms with Crippen molar-refractivity contribution in [3.05, 3.63) is 0 Å². The molecule has 0 spiro atoms. The van der Waals surface area contributed by atoms with Crippen LogP contribution in [0.5, 0.6) is 0 Å². The number of carbonyl (C=O) groups excluding carboxylic acids is 2. The molecule has 0 saturated carbocycles. The van der Waals surface area contributed by atoms with Crippen LogP contribution in [0.3, 0.4) is 0 Å². The molecule has 2 atom stereocenters. The molecule has 1 aliphatic rings. The summed E-state index contributed by atoms with van der Waals surface area (Å²) in [4.78, 5) is 23.4. The van der Waals surface area contributed by atoms with E-state index in [4.69, 9.17) is 18.9 Å². The third-order valence-electron chi connectivity index (χ3n) is 1.89. The van der Waals surface area contributed by atoms with Crippen molar-refractivity contribution >= 4 is 29.4 Å². The van der Waals surface area contributed by atoms with E-state index in [-0.39, 0.29) is 17.4 Å². The summed E-state index contributed by atoms with van der Waals surface area (Å²) in [5.74, 6) is -1.40. The third-order valence-corrected chi connectivity index (χ3v) is 2.08. The molecule has 0 aromatic rings. The Labute approximate surface area is 111 Å². The van der Waals surface area contributed by atoms with Crippen LogP contribution in [0.4, 0.5) is 0 Å². The predicted molar refractivity (Wildman–Crippen MR) is 64.8 cm³/mol. The Balaban J connectivity index is 2.72. The van der Waals surface area contributed by atoms with Crippen LogP contribution in [-0.2, 0) is 28.5 Å². The summed E-state index contributed by atoms with van der Waals surface area (Å²) in [6.07, 6.45) is -3.05. The zero-order valence-electron chi connectivity index (χ0n) is 10.7. The number of hydrogen-bond donors (Lipinski definition) is 0. The summed E-state index contributed by atoms with van der Waals surface area (Å²) >= 11 is 4.68. The molecule has 1 saturated heterocycles. The van der Waals surface area contributed by atoms with Gasteiger partial charge < -0.3 is 18.9 Å². The zero-order chi connectivity index (χ0) is 13.9. The van der Waals surface area contributed by atoms with Crippen molar-refractivity contribution in [2.24, 2.45) is 0 Å². The van der Waals surface area contributed by atoms with Gasteiger partial charge in [-0.3, -0.25) is 0 Å². The number of carbonyl (C=O) groups is 2. The molecule has 102 valence electrons. The lowest BCUT2D eigenvalue weighted by molar-refractivity contribution is -0.167. The van der Waals surface area contributed by atoms with Crippen LogP contribution in [0, 0.1) is 0 Å². The third kappa shape index (κ3) is 3.83. The summed E-state index contributed by atoms with van der Waals surface area (Å²) in [7, 11) is 0. The van der Waals surface area contributed by atoms with Gasteiger partial charge >= 0.3 is 17.2 Å². The van der Waals surface area contributed by atoms with E-state index in [2.05, 4.69) is 12.2 Å². The Morgan fingerprint density at radius 2 is 1.33 bits per heavy atom. The van der Waals surface area contributed by atoms with Gasteiger partial charge in [-0.1, -0.05) is 0 Å². The molecule has 1 fully saturated rings. The summed E-state index contributed by atoms with van der Waals surface area (Å²) in [6.45, 7) is 6.75. The van der Waals surface area contributed by atoms with E-state index in [0.29, 0.717) is 0 Å². The standard InChI is InChI=1S/C11H16O6S/c1-5(2)14-9(12)7-8(17-11(18)16-7)10(13)15-6(3)4/h5-8H,1-4H3/t7-,8-/m1/s1. The quantitative estimate of drug-likeness (QED) is 0.559. The van der Waals surface area contributed by atoms with Crippen LogP contribution < -0.4 is 0 Å². The van der Waals surface area contributed by atoms with E-state index in [9.17, 15) is 9.59 Å². The number of thiocarbonyl (C=S) groups is 1. The van der Waals surface area contributed by atoms with Crippen molar-refractivity contribution in [3.8, 4) is 0 Å². The summed E-state index contributed by atoms with van der Waals surface area (Å²) in [5, 5.41) is -0.258. The second-order valence-corrected chi connectivity index (χ2v) is 4.63. The second-order valence-electron chi connectivity index (χ2n) is 4.30. The van der Waals surface area contributed by atoms with Crippen molar-refractivity contribution in [2.75, 3.05) is 0 Å². The normalized spacial score (nSPS) is 22.7. The van der Waals surface area contributed by atoms with Crippen LogP contribution in [0.15, 0.2) is 0 Å². The van der Waals surface area contributed by atoms with Crippen LogP contribution in [0.1, 0.15) is 27.7 Å². The first-order valence-electron chi connectivity index (χ1n) is 5.59. The van der Waals surface area contributed by atoms with Crippen molar-refractivity contribution in [1.29, 1.82) is 0 Å². The lowest BCUT2D eigenvalue weighted by atomic mass is 10.2. The average Bonchev–Trinajstić information content (AvgIpc) is 2.58. The zero-order valence-corrected chi connectivity index (χ0v) is 11.5. The van der Waals surface area contributed by atoms with Crippen molar-refractivity contribution in [1.82, 2.24) is 0 Å². The number of rotatable bonds is 4. The average molecular weight is 276 g/mol. The molecule has 1 aliphatic heterocycles. The van der Waals surface area contributed by atoms with Crippen molar-refractivity contribution in [2.45, 2.75) is 52.1 Å². The Kier molecular flexibility index (Phi) is 4.89. The van der Waals surface area contributed by atoms with Crippen molar-refractivity contribution < 1.29 is 28.5 Å². The Hall–Kier alpha value is -1.37. The van der Waals surface area contributed by atoms with Gasteiger partial charge in [0.15, 0.2) is 0 Å². The maximum Gasteiger partial charge on any atom is 0.354 e. The van der Waals surface area contributed by atoms with Gasteiger partial charge in [0.05, 0.1) is 12.2 Å². The molecule has 0 bridgehead atoms. The predicted octanol–water partition coefficient (Wildman–Crippen LogP) is 0.958. The monoisotopic (exact) mass is 276 g/mol.